The normalized spacial score (nSPS) is 16.6. The Morgan fingerprint density at radius 3 is 2.63 bits per heavy atom. The number of hydrogen-bond donors (Lipinski definition) is 2. The zero-order valence-electron chi connectivity index (χ0n) is 11.0. The van der Waals surface area contributed by atoms with Gasteiger partial charge in [0.15, 0.2) is 5.84 Å². The molecule has 1 aromatic rings. The number of carbonyl (C=O) groups is 1. The average molecular weight is 261 g/mol. The highest BCUT2D eigenvalue weighted by molar-refractivity contribution is 6.01. The summed E-state index contributed by atoms with van der Waals surface area (Å²) in [4.78, 5) is 14.2. The fourth-order valence-electron chi connectivity index (χ4n) is 2.53. The van der Waals surface area contributed by atoms with Crippen molar-refractivity contribution in [2.24, 2.45) is 10.9 Å². The summed E-state index contributed by atoms with van der Waals surface area (Å²) >= 11 is 0. The first-order chi connectivity index (χ1) is 9.13. The Balaban J connectivity index is 2.18. The topological polar surface area (TPSA) is 78.9 Å². The van der Waals surface area contributed by atoms with Gasteiger partial charge < -0.3 is 15.8 Å². The summed E-state index contributed by atoms with van der Waals surface area (Å²) in [5, 5.41) is 11.6. The zero-order chi connectivity index (χ0) is 13.8. The molecule has 1 aliphatic rings. The van der Waals surface area contributed by atoms with E-state index < -0.39 is 0 Å². The van der Waals surface area contributed by atoms with E-state index >= 15 is 0 Å². The second-order valence-corrected chi connectivity index (χ2v) is 4.92. The fraction of sp³-hybridized carbons (Fsp3) is 0.429. The molecule has 1 amide bonds. The van der Waals surface area contributed by atoms with Crippen molar-refractivity contribution < 1.29 is 10.0 Å². The SMILES string of the molecule is CN(C(=O)c1cccc(/C(N)=N/O)c1)C1CCCC1. The molecule has 0 aliphatic heterocycles. The fourth-order valence-corrected chi connectivity index (χ4v) is 2.53. The van der Waals surface area contributed by atoms with E-state index in [1.807, 2.05) is 7.05 Å². The van der Waals surface area contributed by atoms with Crippen LogP contribution in [0.25, 0.3) is 0 Å². The van der Waals surface area contributed by atoms with Crippen molar-refractivity contribution in [2.75, 3.05) is 7.05 Å². The van der Waals surface area contributed by atoms with Gasteiger partial charge in [0.1, 0.15) is 0 Å². The molecule has 0 aromatic heterocycles. The van der Waals surface area contributed by atoms with Crippen LogP contribution >= 0.6 is 0 Å². The molecule has 0 heterocycles. The molecule has 3 N–H and O–H groups in total. The van der Waals surface area contributed by atoms with E-state index in [0.717, 1.165) is 12.8 Å². The van der Waals surface area contributed by atoms with Gasteiger partial charge >= 0.3 is 0 Å². The number of oxime groups is 1. The van der Waals surface area contributed by atoms with Crippen LogP contribution in [0.2, 0.25) is 0 Å². The molecular formula is C14H19N3O2. The van der Waals surface area contributed by atoms with Gasteiger partial charge in [0.05, 0.1) is 0 Å². The molecule has 1 saturated carbocycles. The van der Waals surface area contributed by atoms with Gasteiger partial charge in [0.25, 0.3) is 5.91 Å². The number of hydrogen-bond acceptors (Lipinski definition) is 3. The minimum Gasteiger partial charge on any atom is -0.409 e. The third kappa shape index (κ3) is 2.86. The van der Waals surface area contributed by atoms with Crippen molar-refractivity contribution in [2.45, 2.75) is 31.7 Å². The van der Waals surface area contributed by atoms with Crippen molar-refractivity contribution in [3.8, 4) is 0 Å². The van der Waals surface area contributed by atoms with Crippen LogP contribution in [0.5, 0.6) is 0 Å². The predicted octanol–water partition coefficient (Wildman–Crippen LogP) is 1.80. The van der Waals surface area contributed by atoms with Crippen molar-refractivity contribution in [1.82, 2.24) is 4.90 Å². The van der Waals surface area contributed by atoms with E-state index in [-0.39, 0.29) is 11.7 Å². The molecule has 0 atom stereocenters. The van der Waals surface area contributed by atoms with Crippen molar-refractivity contribution >= 4 is 11.7 Å². The Kier molecular flexibility index (Phi) is 4.04. The van der Waals surface area contributed by atoms with Gasteiger partial charge in [-0.3, -0.25) is 4.79 Å². The van der Waals surface area contributed by atoms with Gasteiger partial charge in [-0.15, -0.1) is 0 Å². The van der Waals surface area contributed by atoms with Crippen LogP contribution in [0, 0.1) is 0 Å². The number of amidine groups is 1. The number of carbonyl (C=O) groups excluding carboxylic acids is 1. The van der Waals surface area contributed by atoms with Gasteiger partial charge in [-0.1, -0.05) is 30.1 Å². The van der Waals surface area contributed by atoms with E-state index in [9.17, 15) is 4.79 Å². The van der Waals surface area contributed by atoms with E-state index in [1.165, 1.54) is 12.8 Å². The maximum Gasteiger partial charge on any atom is 0.253 e. The molecule has 0 radical (unpaired) electrons. The average Bonchev–Trinajstić information content (AvgIpc) is 2.99. The largest absolute Gasteiger partial charge is 0.409 e. The van der Waals surface area contributed by atoms with Crippen molar-refractivity contribution in [1.29, 1.82) is 0 Å². The Morgan fingerprint density at radius 1 is 1.37 bits per heavy atom. The molecule has 0 unspecified atom stereocenters. The third-order valence-corrected chi connectivity index (χ3v) is 3.71. The van der Waals surface area contributed by atoms with Crippen LogP contribution in [0.4, 0.5) is 0 Å². The molecule has 2 rings (SSSR count). The minimum absolute atomic E-state index is 0.0122. The van der Waals surface area contributed by atoms with Crippen LogP contribution in [0.3, 0.4) is 0 Å². The molecule has 1 aromatic carbocycles. The number of nitrogens with zero attached hydrogens (tertiary/aromatic N) is 2. The highest BCUT2D eigenvalue weighted by Crippen LogP contribution is 2.23. The van der Waals surface area contributed by atoms with E-state index in [0.29, 0.717) is 17.2 Å². The molecule has 0 spiro atoms. The van der Waals surface area contributed by atoms with Gasteiger partial charge in [-0.25, -0.2) is 0 Å². The first-order valence-electron chi connectivity index (χ1n) is 6.48. The second-order valence-electron chi connectivity index (χ2n) is 4.92. The molecular weight excluding hydrogens is 242 g/mol. The molecule has 0 bridgehead atoms. The van der Waals surface area contributed by atoms with Gasteiger partial charge in [-0.05, 0) is 25.0 Å². The maximum absolute atomic E-state index is 12.4. The molecule has 0 saturated heterocycles. The molecule has 1 fully saturated rings. The molecule has 5 heteroatoms. The maximum atomic E-state index is 12.4. The summed E-state index contributed by atoms with van der Waals surface area (Å²) in [6, 6.07) is 7.19. The monoisotopic (exact) mass is 261 g/mol. The Bertz CT molecular complexity index is 493. The highest BCUT2D eigenvalue weighted by Gasteiger charge is 2.24. The Hall–Kier alpha value is -2.04. The standard InChI is InChI=1S/C14H19N3O2/c1-17(12-7-2-3-8-12)14(18)11-6-4-5-10(9-11)13(15)16-19/h4-6,9,12,19H,2-3,7-8H2,1H3,(H2,15,16). The first-order valence-corrected chi connectivity index (χ1v) is 6.48. The van der Waals surface area contributed by atoms with Gasteiger partial charge in [0, 0.05) is 24.2 Å². The van der Waals surface area contributed by atoms with Crippen LogP contribution in [-0.2, 0) is 0 Å². The highest BCUT2D eigenvalue weighted by atomic mass is 16.4. The lowest BCUT2D eigenvalue weighted by molar-refractivity contribution is 0.0735. The number of nitrogens with two attached hydrogens (primary N) is 1. The molecule has 102 valence electrons. The molecule has 1 aliphatic carbocycles. The molecule has 5 nitrogen and oxygen atoms in total. The van der Waals surface area contributed by atoms with Crippen LogP contribution in [-0.4, -0.2) is 34.9 Å². The first kappa shape index (κ1) is 13.4. The predicted molar refractivity (Wildman–Crippen MR) is 73.3 cm³/mol. The van der Waals surface area contributed by atoms with E-state index in [1.54, 1.807) is 29.2 Å². The summed E-state index contributed by atoms with van der Waals surface area (Å²) < 4.78 is 0. The lowest BCUT2D eigenvalue weighted by Crippen LogP contribution is -2.35. The van der Waals surface area contributed by atoms with E-state index in [2.05, 4.69) is 5.16 Å². The summed E-state index contributed by atoms with van der Waals surface area (Å²) in [7, 11) is 1.84. The van der Waals surface area contributed by atoms with Crippen molar-refractivity contribution in [3.63, 3.8) is 0 Å². The lowest BCUT2D eigenvalue weighted by atomic mass is 10.1. The quantitative estimate of drug-likeness (QED) is 0.377. The summed E-state index contributed by atoms with van der Waals surface area (Å²) in [5.74, 6) is -0.00217. The smallest absolute Gasteiger partial charge is 0.253 e. The summed E-state index contributed by atoms with van der Waals surface area (Å²) in [6.07, 6.45) is 4.52. The van der Waals surface area contributed by atoms with Gasteiger partial charge in [-0.2, -0.15) is 0 Å². The zero-order valence-corrected chi connectivity index (χ0v) is 11.0. The van der Waals surface area contributed by atoms with Crippen LogP contribution in [0.1, 0.15) is 41.6 Å². The van der Waals surface area contributed by atoms with Gasteiger partial charge in [0.2, 0.25) is 0 Å². The Morgan fingerprint density at radius 2 is 2.00 bits per heavy atom. The second kappa shape index (κ2) is 5.73. The van der Waals surface area contributed by atoms with Crippen LogP contribution < -0.4 is 5.73 Å². The third-order valence-electron chi connectivity index (χ3n) is 3.71. The number of benzene rings is 1. The Labute approximate surface area is 112 Å². The summed E-state index contributed by atoms with van der Waals surface area (Å²) in [5.41, 5.74) is 6.65. The van der Waals surface area contributed by atoms with Crippen molar-refractivity contribution in [3.05, 3.63) is 35.4 Å². The number of rotatable bonds is 3. The van der Waals surface area contributed by atoms with Crippen LogP contribution in [0.15, 0.2) is 29.4 Å². The summed E-state index contributed by atoms with van der Waals surface area (Å²) in [6.45, 7) is 0. The number of amides is 1. The minimum atomic E-state index is -0.0144. The lowest BCUT2D eigenvalue weighted by Gasteiger charge is -2.24. The van der Waals surface area contributed by atoms with E-state index in [4.69, 9.17) is 10.9 Å². The molecule has 19 heavy (non-hydrogen) atoms.